The lowest BCUT2D eigenvalue weighted by Crippen LogP contribution is -2.37. The molecule has 8 heteroatoms. The highest BCUT2D eigenvalue weighted by Gasteiger charge is 2.36. The first-order valence-electron chi connectivity index (χ1n) is 10.5. The second kappa shape index (κ2) is 9.61. The molecule has 4 nitrogen and oxygen atoms in total. The van der Waals surface area contributed by atoms with E-state index in [1.54, 1.807) is 54.4 Å². The molecule has 0 saturated heterocycles. The Hall–Kier alpha value is -3.78. The summed E-state index contributed by atoms with van der Waals surface area (Å²) in [6.07, 6.45) is -4.83. The SMILES string of the molecule is CN(Cn1nc(-c2ccccc2)cc(C(F)(F)F)c1=O)[C@@H](c1ccccc1)c1ccc(F)cc1. The molecule has 0 radical (unpaired) electrons. The molecule has 3 aromatic carbocycles. The molecule has 0 saturated carbocycles. The summed E-state index contributed by atoms with van der Waals surface area (Å²) < 4.78 is 55.5. The lowest BCUT2D eigenvalue weighted by molar-refractivity contribution is -0.139. The summed E-state index contributed by atoms with van der Waals surface area (Å²) >= 11 is 0. The Balaban J connectivity index is 1.79. The van der Waals surface area contributed by atoms with Gasteiger partial charge in [0.25, 0.3) is 5.56 Å². The first-order valence-corrected chi connectivity index (χ1v) is 10.5. The zero-order valence-corrected chi connectivity index (χ0v) is 18.2. The van der Waals surface area contributed by atoms with E-state index >= 15 is 0 Å². The molecule has 0 spiro atoms. The van der Waals surface area contributed by atoms with Crippen LogP contribution in [0.1, 0.15) is 22.7 Å². The van der Waals surface area contributed by atoms with Crippen LogP contribution in [0.5, 0.6) is 0 Å². The van der Waals surface area contributed by atoms with E-state index in [2.05, 4.69) is 5.10 Å². The number of halogens is 4. The lowest BCUT2D eigenvalue weighted by Gasteiger charge is -2.29. The smallest absolute Gasteiger partial charge is 0.276 e. The van der Waals surface area contributed by atoms with Crippen molar-refractivity contribution in [2.75, 3.05) is 7.05 Å². The Morgan fingerprint density at radius 1 is 0.882 bits per heavy atom. The van der Waals surface area contributed by atoms with Gasteiger partial charge in [-0.05, 0) is 36.4 Å². The average molecular weight is 467 g/mol. The van der Waals surface area contributed by atoms with Crippen LogP contribution in [0, 0.1) is 5.82 Å². The topological polar surface area (TPSA) is 38.1 Å². The van der Waals surface area contributed by atoms with E-state index in [-0.39, 0.29) is 12.4 Å². The second-order valence-electron chi connectivity index (χ2n) is 7.87. The van der Waals surface area contributed by atoms with Crippen molar-refractivity contribution in [1.82, 2.24) is 14.7 Å². The first kappa shape index (κ1) is 23.4. The molecule has 174 valence electrons. The summed E-state index contributed by atoms with van der Waals surface area (Å²) in [7, 11) is 1.68. The van der Waals surface area contributed by atoms with Crippen LogP contribution in [0.15, 0.2) is 95.8 Å². The van der Waals surface area contributed by atoms with Gasteiger partial charge in [-0.25, -0.2) is 9.07 Å². The third kappa shape index (κ3) is 5.07. The van der Waals surface area contributed by atoms with Gasteiger partial charge in [0.05, 0.1) is 18.4 Å². The van der Waals surface area contributed by atoms with Crippen molar-refractivity contribution in [3.63, 3.8) is 0 Å². The van der Waals surface area contributed by atoms with Gasteiger partial charge in [-0.2, -0.15) is 18.3 Å². The lowest BCUT2D eigenvalue weighted by atomic mass is 9.97. The van der Waals surface area contributed by atoms with Crippen molar-refractivity contribution in [2.45, 2.75) is 18.9 Å². The predicted molar refractivity (Wildman–Crippen MR) is 121 cm³/mol. The highest BCUT2D eigenvalue weighted by Crippen LogP contribution is 2.30. The van der Waals surface area contributed by atoms with E-state index in [4.69, 9.17) is 0 Å². The third-order valence-electron chi connectivity index (χ3n) is 5.45. The fourth-order valence-electron chi connectivity index (χ4n) is 3.87. The minimum absolute atomic E-state index is 0.0407. The first-order chi connectivity index (χ1) is 16.2. The van der Waals surface area contributed by atoms with E-state index in [1.165, 1.54) is 12.1 Å². The summed E-state index contributed by atoms with van der Waals surface area (Å²) in [5.41, 5.74) is -0.461. The normalized spacial score (nSPS) is 12.6. The van der Waals surface area contributed by atoms with Crippen LogP contribution in [0.25, 0.3) is 11.3 Å². The molecule has 34 heavy (non-hydrogen) atoms. The minimum Gasteiger partial charge on any atom is -0.276 e. The fraction of sp³-hybridized carbons (Fsp3) is 0.154. The monoisotopic (exact) mass is 467 g/mol. The molecule has 1 heterocycles. The standard InChI is InChI=1S/C26H21F4N3O/c1-32(24(19-10-6-3-7-11-19)20-12-14-21(27)15-13-20)17-33-25(34)22(26(28,29)30)16-23(31-33)18-8-4-2-5-9-18/h2-16,24H,17H2,1H3/t24-/m0/s1. The molecule has 0 aliphatic rings. The van der Waals surface area contributed by atoms with E-state index in [9.17, 15) is 22.4 Å². The third-order valence-corrected chi connectivity index (χ3v) is 5.45. The highest BCUT2D eigenvalue weighted by atomic mass is 19.4. The van der Waals surface area contributed by atoms with Crippen LogP contribution < -0.4 is 5.56 Å². The Morgan fingerprint density at radius 3 is 2.03 bits per heavy atom. The highest BCUT2D eigenvalue weighted by molar-refractivity contribution is 5.59. The molecular weight excluding hydrogens is 446 g/mol. The molecule has 0 unspecified atom stereocenters. The molecular formula is C26H21F4N3O. The number of alkyl halides is 3. The molecule has 0 N–H and O–H groups in total. The van der Waals surface area contributed by atoms with Crippen molar-refractivity contribution >= 4 is 0 Å². The summed E-state index contributed by atoms with van der Waals surface area (Å²) in [4.78, 5) is 14.5. The summed E-state index contributed by atoms with van der Waals surface area (Å²) in [5, 5.41) is 4.24. The second-order valence-corrected chi connectivity index (χ2v) is 7.87. The molecule has 0 bridgehead atoms. The number of hydrogen-bond acceptors (Lipinski definition) is 3. The van der Waals surface area contributed by atoms with Crippen LogP contribution in [0.4, 0.5) is 17.6 Å². The average Bonchev–Trinajstić information content (AvgIpc) is 2.82. The van der Waals surface area contributed by atoms with Crippen LogP contribution in [0.2, 0.25) is 0 Å². The van der Waals surface area contributed by atoms with E-state index in [0.717, 1.165) is 21.9 Å². The largest absolute Gasteiger partial charge is 0.421 e. The maximum absolute atomic E-state index is 13.7. The Labute approximate surface area is 193 Å². The van der Waals surface area contributed by atoms with Gasteiger partial charge in [0.1, 0.15) is 11.4 Å². The number of benzene rings is 3. The summed E-state index contributed by atoms with van der Waals surface area (Å²) in [6.45, 7) is -0.223. The summed E-state index contributed by atoms with van der Waals surface area (Å²) in [5.74, 6) is -0.401. The van der Waals surface area contributed by atoms with Crippen molar-refractivity contribution in [3.8, 4) is 11.3 Å². The molecule has 0 aliphatic heterocycles. The Kier molecular flexibility index (Phi) is 6.61. The predicted octanol–water partition coefficient (Wildman–Crippen LogP) is 5.75. The maximum atomic E-state index is 13.7. The van der Waals surface area contributed by atoms with Crippen LogP contribution >= 0.6 is 0 Å². The van der Waals surface area contributed by atoms with Gasteiger partial charge in [-0.3, -0.25) is 9.69 Å². The molecule has 4 aromatic rings. The van der Waals surface area contributed by atoms with Crippen LogP contribution in [0.3, 0.4) is 0 Å². The van der Waals surface area contributed by atoms with Gasteiger partial charge in [0.2, 0.25) is 0 Å². The zero-order valence-electron chi connectivity index (χ0n) is 18.2. The zero-order chi connectivity index (χ0) is 24.3. The Bertz CT molecular complexity index is 1300. The van der Waals surface area contributed by atoms with Gasteiger partial charge >= 0.3 is 6.18 Å². The fourth-order valence-corrected chi connectivity index (χ4v) is 3.87. The van der Waals surface area contributed by atoms with Gasteiger partial charge in [0, 0.05) is 5.56 Å². The van der Waals surface area contributed by atoms with Gasteiger partial charge < -0.3 is 0 Å². The minimum atomic E-state index is -4.83. The van der Waals surface area contributed by atoms with E-state index in [1.807, 2.05) is 30.3 Å². The van der Waals surface area contributed by atoms with Crippen molar-refractivity contribution in [1.29, 1.82) is 0 Å². The quantitative estimate of drug-likeness (QED) is 0.339. The number of hydrogen-bond donors (Lipinski definition) is 0. The number of nitrogens with zero attached hydrogens (tertiary/aromatic N) is 3. The molecule has 1 atom stereocenters. The van der Waals surface area contributed by atoms with Crippen molar-refractivity contribution in [2.24, 2.45) is 0 Å². The molecule has 4 rings (SSSR count). The molecule has 0 fully saturated rings. The van der Waals surface area contributed by atoms with E-state index in [0.29, 0.717) is 5.56 Å². The number of rotatable bonds is 6. The number of aromatic nitrogens is 2. The Morgan fingerprint density at radius 2 is 1.44 bits per heavy atom. The molecule has 0 amide bonds. The molecule has 0 aliphatic carbocycles. The van der Waals surface area contributed by atoms with Gasteiger partial charge in [0.15, 0.2) is 0 Å². The van der Waals surface area contributed by atoms with Gasteiger partial charge in [-0.15, -0.1) is 0 Å². The van der Waals surface area contributed by atoms with Crippen LogP contribution in [-0.4, -0.2) is 21.7 Å². The molecule has 1 aromatic heterocycles. The van der Waals surface area contributed by atoms with E-state index < -0.39 is 29.2 Å². The van der Waals surface area contributed by atoms with Gasteiger partial charge in [-0.1, -0.05) is 72.8 Å². The maximum Gasteiger partial charge on any atom is 0.421 e. The summed E-state index contributed by atoms with van der Waals surface area (Å²) in [6, 6.07) is 23.8. The van der Waals surface area contributed by atoms with Crippen LogP contribution in [-0.2, 0) is 12.8 Å². The van der Waals surface area contributed by atoms with Crippen molar-refractivity contribution < 1.29 is 17.6 Å². The van der Waals surface area contributed by atoms with Crippen molar-refractivity contribution in [3.05, 3.63) is 124 Å².